The molecule has 6 heteroatoms. The molecule has 0 fully saturated rings. The van der Waals surface area contributed by atoms with Crippen molar-refractivity contribution in [3.8, 4) is 5.69 Å². The summed E-state index contributed by atoms with van der Waals surface area (Å²) in [7, 11) is 0. The van der Waals surface area contributed by atoms with Crippen molar-refractivity contribution < 1.29 is 4.79 Å². The molecule has 0 aliphatic rings. The molecule has 0 unspecified atom stereocenters. The summed E-state index contributed by atoms with van der Waals surface area (Å²) in [6.45, 7) is 3.44. The SMILES string of the molecule is CC(=O)CCSc1nc2ccccc2c(=O)n1-c1cccc(Cl)c1C. The van der Waals surface area contributed by atoms with E-state index in [9.17, 15) is 9.59 Å². The lowest BCUT2D eigenvalue weighted by molar-refractivity contribution is -0.116. The maximum absolute atomic E-state index is 13.1. The second-order valence-electron chi connectivity index (χ2n) is 5.74. The van der Waals surface area contributed by atoms with E-state index in [0.717, 1.165) is 5.56 Å². The lowest BCUT2D eigenvalue weighted by Crippen LogP contribution is -2.22. The van der Waals surface area contributed by atoms with Crippen molar-refractivity contribution in [1.29, 1.82) is 0 Å². The molecular formula is C19H17ClN2O2S. The van der Waals surface area contributed by atoms with Crippen molar-refractivity contribution in [1.82, 2.24) is 9.55 Å². The maximum Gasteiger partial charge on any atom is 0.266 e. The first-order valence-corrected chi connectivity index (χ1v) is 9.25. The lowest BCUT2D eigenvalue weighted by Gasteiger charge is -2.15. The number of halogens is 1. The van der Waals surface area contributed by atoms with Crippen LogP contribution in [0.25, 0.3) is 16.6 Å². The number of fused-ring (bicyclic) bond motifs is 1. The average molecular weight is 373 g/mol. The second kappa shape index (κ2) is 7.42. The maximum atomic E-state index is 13.1. The highest BCUT2D eigenvalue weighted by Gasteiger charge is 2.15. The monoisotopic (exact) mass is 372 g/mol. The largest absolute Gasteiger partial charge is 0.300 e. The number of aromatic nitrogens is 2. The van der Waals surface area contributed by atoms with Gasteiger partial charge in [-0.15, -0.1) is 0 Å². The molecule has 0 atom stereocenters. The van der Waals surface area contributed by atoms with Gasteiger partial charge in [-0.3, -0.25) is 14.2 Å². The number of nitrogens with zero attached hydrogens (tertiary/aromatic N) is 2. The van der Waals surface area contributed by atoms with Crippen LogP contribution in [0.2, 0.25) is 5.02 Å². The van der Waals surface area contributed by atoms with Crippen LogP contribution in [0.4, 0.5) is 0 Å². The number of rotatable bonds is 5. The second-order valence-corrected chi connectivity index (χ2v) is 7.21. The molecule has 0 saturated carbocycles. The molecule has 0 bridgehead atoms. The Bertz CT molecular complexity index is 1010. The molecule has 25 heavy (non-hydrogen) atoms. The molecule has 4 nitrogen and oxygen atoms in total. The van der Waals surface area contributed by atoms with Gasteiger partial charge in [0.05, 0.1) is 16.6 Å². The molecule has 0 saturated heterocycles. The van der Waals surface area contributed by atoms with E-state index in [4.69, 9.17) is 11.6 Å². The number of ketones is 1. The zero-order chi connectivity index (χ0) is 18.0. The molecule has 0 amide bonds. The van der Waals surface area contributed by atoms with Crippen LogP contribution in [0.5, 0.6) is 0 Å². The summed E-state index contributed by atoms with van der Waals surface area (Å²) in [5.74, 6) is 0.681. The molecule has 128 valence electrons. The van der Waals surface area contributed by atoms with Gasteiger partial charge < -0.3 is 0 Å². The van der Waals surface area contributed by atoms with E-state index in [0.29, 0.717) is 38.9 Å². The van der Waals surface area contributed by atoms with Crippen LogP contribution >= 0.6 is 23.4 Å². The minimum atomic E-state index is -0.138. The van der Waals surface area contributed by atoms with Crippen LogP contribution in [0, 0.1) is 6.92 Å². The first-order chi connectivity index (χ1) is 12.0. The van der Waals surface area contributed by atoms with Crippen LogP contribution in [-0.4, -0.2) is 21.1 Å². The van der Waals surface area contributed by atoms with Crippen LogP contribution in [0.3, 0.4) is 0 Å². The number of Topliss-reactive ketones (excluding diaryl/α,β-unsaturated/α-hetero) is 1. The highest BCUT2D eigenvalue weighted by Crippen LogP contribution is 2.26. The highest BCUT2D eigenvalue weighted by molar-refractivity contribution is 7.99. The third-order valence-electron chi connectivity index (χ3n) is 3.91. The van der Waals surface area contributed by atoms with E-state index in [1.807, 2.05) is 37.3 Å². The Morgan fingerprint density at radius 2 is 1.96 bits per heavy atom. The van der Waals surface area contributed by atoms with Gasteiger partial charge in [0, 0.05) is 17.2 Å². The summed E-state index contributed by atoms with van der Waals surface area (Å²) in [6.07, 6.45) is 0.432. The zero-order valence-corrected chi connectivity index (χ0v) is 15.5. The first-order valence-electron chi connectivity index (χ1n) is 7.88. The molecule has 2 aromatic carbocycles. The van der Waals surface area contributed by atoms with Crippen molar-refractivity contribution in [3.05, 3.63) is 63.4 Å². The van der Waals surface area contributed by atoms with E-state index in [1.54, 1.807) is 23.6 Å². The van der Waals surface area contributed by atoms with Crippen LogP contribution in [0.15, 0.2) is 52.4 Å². The predicted molar refractivity (Wildman–Crippen MR) is 103 cm³/mol. The fraction of sp³-hybridized carbons (Fsp3) is 0.211. The Morgan fingerprint density at radius 3 is 2.72 bits per heavy atom. The molecule has 3 rings (SSSR count). The lowest BCUT2D eigenvalue weighted by atomic mass is 10.2. The summed E-state index contributed by atoms with van der Waals surface area (Å²) in [5, 5.41) is 1.71. The number of benzene rings is 2. The van der Waals surface area contributed by atoms with Crippen molar-refractivity contribution in [2.45, 2.75) is 25.4 Å². The molecular weight excluding hydrogens is 356 g/mol. The van der Waals surface area contributed by atoms with Gasteiger partial charge in [-0.05, 0) is 43.7 Å². The Balaban J connectivity index is 2.23. The summed E-state index contributed by atoms with van der Waals surface area (Å²) >= 11 is 7.65. The summed E-state index contributed by atoms with van der Waals surface area (Å²) in [6, 6.07) is 12.7. The van der Waals surface area contributed by atoms with E-state index in [2.05, 4.69) is 4.98 Å². The molecule has 0 N–H and O–H groups in total. The minimum Gasteiger partial charge on any atom is -0.300 e. The van der Waals surface area contributed by atoms with Crippen LogP contribution < -0.4 is 5.56 Å². The zero-order valence-electron chi connectivity index (χ0n) is 14.0. The molecule has 0 radical (unpaired) electrons. The van der Waals surface area contributed by atoms with Crippen LogP contribution in [-0.2, 0) is 4.79 Å². The summed E-state index contributed by atoms with van der Waals surface area (Å²) in [4.78, 5) is 29.0. The van der Waals surface area contributed by atoms with Crippen molar-refractivity contribution in [2.24, 2.45) is 0 Å². The van der Waals surface area contributed by atoms with Gasteiger partial charge in [-0.25, -0.2) is 4.98 Å². The van der Waals surface area contributed by atoms with E-state index in [-0.39, 0.29) is 11.3 Å². The predicted octanol–water partition coefficient (Wildman–Crippen LogP) is 4.42. The smallest absolute Gasteiger partial charge is 0.266 e. The molecule has 1 aromatic heterocycles. The van der Waals surface area contributed by atoms with E-state index >= 15 is 0 Å². The standard InChI is InChI=1S/C19H17ClN2O2S/c1-12(23)10-11-25-19-21-16-8-4-3-6-14(16)18(24)22(19)17-9-5-7-15(20)13(17)2/h3-9H,10-11H2,1-2H3. The van der Waals surface area contributed by atoms with Gasteiger partial charge in [-0.2, -0.15) is 0 Å². The average Bonchev–Trinajstić information content (AvgIpc) is 2.58. The van der Waals surface area contributed by atoms with Crippen molar-refractivity contribution in [3.63, 3.8) is 0 Å². The number of carbonyl (C=O) groups is 1. The van der Waals surface area contributed by atoms with Gasteiger partial charge in [-0.1, -0.05) is 41.6 Å². The topological polar surface area (TPSA) is 52.0 Å². The van der Waals surface area contributed by atoms with Gasteiger partial charge in [0.1, 0.15) is 5.78 Å². The molecule has 3 aromatic rings. The Kier molecular flexibility index (Phi) is 5.25. The third-order valence-corrected chi connectivity index (χ3v) is 5.26. The highest BCUT2D eigenvalue weighted by atomic mass is 35.5. The number of hydrogen-bond donors (Lipinski definition) is 0. The fourth-order valence-electron chi connectivity index (χ4n) is 2.55. The number of hydrogen-bond acceptors (Lipinski definition) is 4. The van der Waals surface area contributed by atoms with Gasteiger partial charge in [0.15, 0.2) is 5.16 Å². The number of carbonyl (C=O) groups excluding carboxylic acids is 1. The normalized spacial score (nSPS) is 11.0. The fourth-order valence-corrected chi connectivity index (χ4v) is 3.76. The van der Waals surface area contributed by atoms with Crippen molar-refractivity contribution >= 4 is 40.0 Å². The number of para-hydroxylation sites is 1. The quantitative estimate of drug-likeness (QED) is 0.491. The Labute approximate surface area is 154 Å². The van der Waals surface area contributed by atoms with Gasteiger partial charge in [0.2, 0.25) is 0 Å². The molecule has 0 spiro atoms. The first kappa shape index (κ1) is 17.7. The third kappa shape index (κ3) is 3.62. The molecule has 0 aliphatic carbocycles. The summed E-state index contributed by atoms with van der Waals surface area (Å²) < 4.78 is 1.59. The minimum absolute atomic E-state index is 0.112. The van der Waals surface area contributed by atoms with E-state index in [1.165, 1.54) is 11.8 Å². The molecule has 1 heterocycles. The van der Waals surface area contributed by atoms with Gasteiger partial charge in [0.25, 0.3) is 5.56 Å². The molecule has 0 aliphatic heterocycles. The van der Waals surface area contributed by atoms with E-state index < -0.39 is 0 Å². The van der Waals surface area contributed by atoms with Crippen molar-refractivity contribution in [2.75, 3.05) is 5.75 Å². The number of thioether (sulfide) groups is 1. The van der Waals surface area contributed by atoms with Gasteiger partial charge >= 0.3 is 0 Å². The Hall–Kier alpha value is -2.11. The Morgan fingerprint density at radius 1 is 1.20 bits per heavy atom. The summed E-state index contributed by atoms with van der Waals surface area (Å²) in [5.41, 5.74) is 2.04. The van der Waals surface area contributed by atoms with Crippen LogP contribution in [0.1, 0.15) is 18.9 Å².